The van der Waals surface area contributed by atoms with E-state index < -0.39 is 29.2 Å². The first-order chi connectivity index (χ1) is 15.4. The van der Waals surface area contributed by atoms with E-state index in [1.807, 2.05) is 0 Å². The molecule has 2 aliphatic heterocycles. The first-order valence-electron chi connectivity index (χ1n) is 8.92. The van der Waals surface area contributed by atoms with Gasteiger partial charge in [0.2, 0.25) is 0 Å². The maximum Gasteiger partial charge on any atom is 0.352 e. The number of aromatic amines is 1. The van der Waals surface area contributed by atoms with Gasteiger partial charge in [-0.2, -0.15) is 5.10 Å². The topological polar surface area (TPSA) is 189 Å². The van der Waals surface area contributed by atoms with Gasteiger partial charge in [-0.1, -0.05) is 16.9 Å². The van der Waals surface area contributed by atoms with Crippen molar-refractivity contribution in [2.75, 3.05) is 24.3 Å². The number of rotatable bonds is 8. The van der Waals surface area contributed by atoms with Gasteiger partial charge in [-0.25, -0.2) is 14.8 Å². The summed E-state index contributed by atoms with van der Waals surface area (Å²) in [7, 11) is 1.28. The average molecular weight is 497 g/mol. The zero-order valence-electron chi connectivity index (χ0n) is 16.3. The summed E-state index contributed by atoms with van der Waals surface area (Å²) in [4.78, 5) is 51.4. The van der Waals surface area contributed by atoms with Crippen LogP contribution in [0, 0.1) is 0 Å². The van der Waals surface area contributed by atoms with Crippen molar-refractivity contribution in [2.45, 2.75) is 16.6 Å². The van der Waals surface area contributed by atoms with E-state index in [0.29, 0.717) is 22.2 Å². The molecule has 1 unspecified atom stereocenters. The van der Waals surface area contributed by atoms with Crippen LogP contribution < -0.4 is 11.1 Å². The number of oxime groups is 1. The number of fused-ring (bicyclic) bond motifs is 1. The summed E-state index contributed by atoms with van der Waals surface area (Å²) in [5, 5.41) is 24.3. The molecule has 4 heterocycles. The summed E-state index contributed by atoms with van der Waals surface area (Å²) < 4.78 is 0. The zero-order chi connectivity index (χ0) is 22.8. The van der Waals surface area contributed by atoms with Gasteiger partial charge < -0.3 is 21.0 Å². The van der Waals surface area contributed by atoms with E-state index >= 15 is 0 Å². The average Bonchev–Trinajstić information content (AvgIpc) is 3.45. The van der Waals surface area contributed by atoms with Crippen molar-refractivity contribution in [1.29, 1.82) is 0 Å². The van der Waals surface area contributed by atoms with Gasteiger partial charge in [0.05, 0.1) is 0 Å². The number of nitrogens with two attached hydrogens (primary N) is 1. The highest BCUT2D eigenvalue weighted by molar-refractivity contribution is 8.01. The Bertz CT molecular complexity index is 1110. The number of aliphatic carboxylic acids is 1. The van der Waals surface area contributed by atoms with Crippen LogP contribution in [0.3, 0.4) is 0 Å². The first kappa shape index (κ1) is 22.1. The molecule has 13 nitrogen and oxygen atoms in total. The molecule has 0 spiro atoms. The fraction of sp³-hybridized carbons (Fsp3) is 0.312. The molecule has 2 aromatic rings. The summed E-state index contributed by atoms with van der Waals surface area (Å²) in [5.41, 5.74) is 6.20. The van der Waals surface area contributed by atoms with E-state index in [4.69, 9.17) is 10.6 Å². The molecule has 168 valence electrons. The van der Waals surface area contributed by atoms with Crippen LogP contribution in [-0.2, 0) is 19.2 Å². The number of anilines is 1. The molecule has 2 aromatic heterocycles. The molecule has 16 heteroatoms. The number of thiazole rings is 1. The van der Waals surface area contributed by atoms with Crippen molar-refractivity contribution in [1.82, 2.24) is 30.4 Å². The molecule has 2 atom stereocenters. The fourth-order valence-corrected chi connectivity index (χ4v) is 5.93. The molecule has 0 bridgehead atoms. The number of nitrogens with one attached hydrogen (secondary N) is 2. The maximum absolute atomic E-state index is 12.8. The Kier molecular flexibility index (Phi) is 6.33. The highest BCUT2D eigenvalue weighted by atomic mass is 32.2. The largest absolute Gasteiger partial charge is 0.477 e. The molecule has 0 aromatic carbocycles. The normalized spacial score (nSPS) is 20.6. The summed E-state index contributed by atoms with van der Waals surface area (Å²) in [6.07, 6.45) is 1.35. The van der Waals surface area contributed by atoms with Gasteiger partial charge in [0.25, 0.3) is 11.8 Å². The summed E-state index contributed by atoms with van der Waals surface area (Å²) in [6.45, 7) is 0. The molecule has 4 rings (SSSR count). The number of thioether (sulfide) groups is 2. The molecule has 0 radical (unpaired) electrons. The van der Waals surface area contributed by atoms with E-state index in [9.17, 15) is 19.5 Å². The van der Waals surface area contributed by atoms with Crippen LogP contribution in [0.1, 0.15) is 5.69 Å². The monoisotopic (exact) mass is 496 g/mol. The van der Waals surface area contributed by atoms with Crippen LogP contribution in [0.4, 0.5) is 5.13 Å². The molecule has 32 heavy (non-hydrogen) atoms. The number of nitrogen functional groups attached to an aromatic ring is 1. The lowest BCUT2D eigenvalue weighted by atomic mass is 10.0. The highest BCUT2D eigenvalue weighted by Gasteiger charge is 2.54. The Morgan fingerprint density at radius 3 is 2.97 bits per heavy atom. The third-order valence-corrected chi connectivity index (χ3v) is 7.45. The van der Waals surface area contributed by atoms with E-state index in [0.717, 1.165) is 11.3 Å². The van der Waals surface area contributed by atoms with Gasteiger partial charge in [-0.05, 0) is 5.57 Å². The van der Waals surface area contributed by atoms with Crippen LogP contribution in [0.25, 0.3) is 0 Å². The quantitative estimate of drug-likeness (QED) is 0.163. The number of carboxylic acid groups (broad SMARTS) is 1. The smallest absolute Gasteiger partial charge is 0.352 e. The number of H-pyrrole nitrogens is 1. The molecular weight excluding hydrogens is 480 g/mol. The molecule has 0 saturated carbocycles. The van der Waals surface area contributed by atoms with Gasteiger partial charge in [0.15, 0.2) is 16.0 Å². The summed E-state index contributed by atoms with van der Waals surface area (Å²) in [6, 6.07) is -0.914. The second-order valence-electron chi connectivity index (χ2n) is 6.39. The Labute approximate surface area is 192 Å². The summed E-state index contributed by atoms with van der Waals surface area (Å²) in [5.74, 6) is -1.70. The van der Waals surface area contributed by atoms with Crippen molar-refractivity contribution in [3.63, 3.8) is 0 Å². The number of carbonyl (C=O) groups excluding carboxylic acids is 2. The first-order valence-corrected chi connectivity index (χ1v) is 11.8. The standard InChI is InChI=1S/C16H16N8O5S3/c1-29-23-8(7-4-31-15(17)20-7)11(25)21-9-12(26)24-10(14(27)28)6(2-30-13(9)24)3-32-16-18-5-19-22-16/h4-5,9,13H,2-3H2,1H3,(H2,17,20)(H,21,25)(H,27,28)(H,18,19,22)/t9?,13-/m1/s1. The maximum atomic E-state index is 12.8. The van der Waals surface area contributed by atoms with Crippen LogP contribution >= 0.6 is 34.9 Å². The lowest BCUT2D eigenvalue weighted by Gasteiger charge is -2.49. The van der Waals surface area contributed by atoms with Gasteiger partial charge in [-0.3, -0.25) is 19.6 Å². The van der Waals surface area contributed by atoms with Crippen molar-refractivity contribution in [3.05, 3.63) is 28.7 Å². The Morgan fingerprint density at radius 1 is 1.53 bits per heavy atom. The number of carboxylic acids is 1. The van der Waals surface area contributed by atoms with E-state index in [1.165, 1.54) is 41.9 Å². The molecular formula is C16H16N8O5S3. The van der Waals surface area contributed by atoms with Crippen molar-refractivity contribution >= 4 is 63.5 Å². The second-order valence-corrected chi connectivity index (χ2v) is 9.35. The number of amides is 2. The number of carbonyl (C=O) groups is 3. The van der Waals surface area contributed by atoms with Crippen LogP contribution in [0.15, 0.2) is 33.3 Å². The minimum absolute atomic E-state index is 0.0747. The van der Waals surface area contributed by atoms with Gasteiger partial charge in [-0.15, -0.1) is 23.1 Å². The van der Waals surface area contributed by atoms with Crippen LogP contribution in [0.5, 0.6) is 0 Å². The zero-order valence-corrected chi connectivity index (χ0v) is 18.8. The van der Waals surface area contributed by atoms with E-state index in [1.54, 1.807) is 5.38 Å². The van der Waals surface area contributed by atoms with E-state index in [-0.39, 0.29) is 22.2 Å². The summed E-state index contributed by atoms with van der Waals surface area (Å²) >= 11 is 3.78. The Balaban J connectivity index is 1.49. The van der Waals surface area contributed by atoms with Crippen molar-refractivity contribution in [2.24, 2.45) is 5.16 Å². The van der Waals surface area contributed by atoms with Gasteiger partial charge in [0, 0.05) is 16.9 Å². The Hall–Kier alpha value is -3.11. The third kappa shape index (κ3) is 4.15. The number of nitrogens with zero attached hydrogens (tertiary/aromatic N) is 5. The molecule has 0 aliphatic carbocycles. The molecule has 2 amide bonds. The number of hydrogen-bond donors (Lipinski definition) is 4. The molecule has 5 N–H and O–H groups in total. The predicted octanol–water partition coefficient (Wildman–Crippen LogP) is -0.275. The number of aromatic nitrogens is 4. The minimum atomic E-state index is -1.21. The molecule has 1 fully saturated rings. The highest BCUT2D eigenvalue weighted by Crippen LogP contribution is 2.41. The van der Waals surface area contributed by atoms with Crippen molar-refractivity contribution in [3.8, 4) is 0 Å². The predicted molar refractivity (Wildman–Crippen MR) is 117 cm³/mol. The lowest BCUT2D eigenvalue weighted by Crippen LogP contribution is -2.71. The second kappa shape index (κ2) is 9.17. The van der Waals surface area contributed by atoms with E-state index in [2.05, 4.69) is 30.6 Å². The third-order valence-electron chi connectivity index (χ3n) is 4.47. The van der Waals surface area contributed by atoms with Crippen LogP contribution in [0.2, 0.25) is 0 Å². The lowest BCUT2D eigenvalue weighted by molar-refractivity contribution is -0.150. The SMILES string of the molecule is CON=C(C(=O)NC1C(=O)N2C(C(=O)O)=C(CSc3ncn[nH]3)CS[C@H]12)c1csc(N)n1. The minimum Gasteiger partial charge on any atom is -0.477 e. The Morgan fingerprint density at radius 2 is 2.34 bits per heavy atom. The molecule has 1 saturated heterocycles. The fourth-order valence-electron chi connectivity index (χ4n) is 3.12. The number of hydrogen-bond acceptors (Lipinski definition) is 12. The van der Waals surface area contributed by atoms with Crippen LogP contribution in [-0.4, -0.2) is 83.7 Å². The number of β-lactam (4-membered cyclic amide) rings is 1. The molecule has 2 aliphatic rings. The van der Waals surface area contributed by atoms with Crippen molar-refractivity contribution < 1.29 is 24.3 Å². The van der Waals surface area contributed by atoms with Gasteiger partial charge >= 0.3 is 5.97 Å². The van der Waals surface area contributed by atoms with Gasteiger partial charge in [0.1, 0.15) is 36.2 Å².